The molecule has 1 unspecified atom stereocenters. The molecule has 31 heavy (non-hydrogen) atoms. The van der Waals surface area contributed by atoms with E-state index in [1.807, 2.05) is 26.0 Å². The van der Waals surface area contributed by atoms with Crippen molar-refractivity contribution in [3.8, 4) is 0 Å². The molecule has 0 aromatic heterocycles. The second-order valence-electron chi connectivity index (χ2n) is 6.58. The molecule has 0 spiro atoms. The fourth-order valence-corrected chi connectivity index (χ4v) is 4.30. The molecule has 168 valence electrons. The predicted octanol–water partition coefficient (Wildman–Crippen LogP) is 2.97. The van der Waals surface area contributed by atoms with E-state index in [-0.39, 0.29) is 14.9 Å². The van der Waals surface area contributed by atoms with Crippen LogP contribution in [0.3, 0.4) is 0 Å². The van der Waals surface area contributed by atoms with Crippen LogP contribution in [0.25, 0.3) is 0 Å². The van der Waals surface area contributed by atoms with E-state index in [9.17, 15) is 18.0 Å². The van der Waals surface area contributed by atoms with Gasteiger partial charge in [-0.15, -0.1) is 0 Å². The number of sulfonamides is 1. The van der Waals surface area contributed by atoms with Gasteiger partial charge in [0.05, 0.1) is 21.0 Å². The van der Waals surface area contributed by atoms with Crippen molar-refractivity contribution in [3.63, 3.8) is 0 Å². The summed E-state index contributed by atoms with van der Waals surface area (Å²) in [6, 6.07) is 9.55. The molecule has 0 radical (unpaired) electrons. The van der Waals surface area contributed by atoms with Gasteiger partial charge in [-0.1, -0.05) is 23.2 Å². The van der Waals surface area contributed by atoms with Gasteiger partial charge < -0.3 is 4.90 Å². The van der Waals surface area contributed by atoms with Crippen molar-refractivity contribution < 1.29 is 18.0 Å². The molecule has 0 aliphatic heterocycles. The Balaban J connectivity index is 1.95. The molecule has 0 fully saturated rings. The van der Waals surface area contributed by atoms with Gasteiger partial charge in [0.25, 0.3) is 11.8 Å². The minimum absolute atomic E-state index is 0.0703. The quantitative estimate of drug-likeness (QED) is 0.497. The molecule has 2 amide bonds. The van der Waals surface area contributed by atoms with Crippen LogP contribution in [0.4, 0.5) is 5.69 Å². The van der Waals surface area contributed by atoms with Crippen LogP contribution in [0.15, 0.2) is 47.4 Å². The van der Waals surface area contributed by atoms with Crippen LogP contribution in [0.5, 0.6) is 0 Å². The molecule has 2 aromatic carbocycles. The van der Waals surface area contributed by atoms with Gasteiger partial charge in [0.1, 0.15) is 0 Å². The van der Waals surface area contributed by atoms with Crippen LogP contribution in [-0.4, -0.2) is 39.4 Å². The number of hydrazine groups is 1. The van der Waals surface area contributed by atoms with Crippen molar-refractivity contribution in [1.82, 2.24) is 15.6 Å². The third-order valence-corrected chi connectivity index (χ3v) is 6.76. The number of nitrogens with one attached hydrogen (secondary N) is 3. The average Bonchev–Trinajstić information content (AvgIpc) is 2.74. The molecule has 0 bridgehead atoms. The van der Waals surface area contributed by atoms with Gasteiger partial charge in [-0.3, -0.25) is 20.4 Å². The first-order valence-electron chi connectivity index (χ1n) is 9.51. The normalized spacial score (nSPS) is 12.2. The summed E-state index contributed by atoms with van der Waals surface area (Å²) >= 11 is 11.6. The zero-order chi connectivity index (χ0) is 23.2. The number of amides is 2. The minimum atomic E-state index is -4.02. The number of halogens is 2. The van der Waals surface area contributed by atoms with E-state index in [2.05, 4.69) is 20.5 Å². The van der Waals surface area contributed by atoms with Gasteiger partial charge in [0.2, 0.25) is 10.0 Å². The first-order valence-corrected chi connectivity index (χ1v) is 11.8. The zero-order valence-corrected chi connectivity index (χ0v) is 19.6. The van der Waals surface area contributed by atoms with E-state index < -0.39 is 27.9 Å². The third kappa shape index (κ3) is 6.57. The van der Waals surface area contributed by atoms with Crippen molar-refractivity contribution >= 4 is 50.7 Å². The summed E-state index contributed by atoms with van der Waals surface area (Å²) in [4.78, 5) is 26.5. The highest BCUT2D eigenvalue weighted by atomic mass is 35.5. The second-order valence-corrected chi connectivity index (χ2v) is 9.11. The molecule has 2 aromatic rings. The molecule has 8 nitrogen and oxygen atoms in total. The van der Waals surface area contributed by atoms with E-state index in [0.29, 0.717) is 5.56 Å². The number of hydrogen-bond acceptors (Lipinski definition) is 5. The van der Waals surface area contributed by atoms with Crippen molar-refractivity contribution in [2.45, 2.75) is 31.7 Å². The van der Waals surface area contributed by atoms with Gasteiger partial charge in [-0.25, -0.2) is 8.42 Å². The summed E-state index contributed by atoms with van der Waals surface area (Å²) < 4.78 is 27.1. The van der Waals surface area contributed by atoms with Crippen molar-refractivity contribution in [3.05, 3.63) is 58.1 Å². The van der Waals surface area contributed by atoms with Crippen molar-refractivity contribution in [1.29, 1.82) is 0 Å². The predicted molar refractivity (Wildman–Crippen MR) is 122 cm³/mol. The van der Waals surface area contributed by atoms with Gasteiger partial charge in [0, 0.05) is 24.3 Å². The van der Waals surface area contributed by atoms with Gasteiger partial charge in [-0.2, -0.15) is 4.72 Å². The summed E-state index contributed by atoms with van der Waals surface area (Å²) in [6.45, 7) is 7.10. The molecule has 0 aliphatic carbocycles. The number of rotatable bonds is 8. The Kier molecular flexibility index (Phi) is 8.69. The van der Waals surface area contributed by atoms with Gasteiger partial charge >= 0.3 is 0 Å². The van der Waals surface area contributed by atoms with Crippen LogP contribution < -0.4 is 20.5 Å². The highest BCUT2D eigenvalue weighted by Crippen LogP contribution is 2.24. The van der Waals surface area contributed by atoms with Crippen molar-refractivity contribution in [2.75, 3.05) is 18.0 Å². The van der Waals surface area contributed by atoms with E-state index in [0.717, 1.165) is 18.8 Å². The Morgan fingerprint density at radius 3 is 2.13 bits per heavy atom. The van der Waals surface area contributed by atoms with Crippen LogP contribution in [0, 0.1) is 0 Å². The Morgan fingerprint density at radius 2 is 1.58 bits per heavy atom. The highest BCUT2D eigenvalue weighted by molar-refractivity contribution is 7.89. The second kappa shape index (κ2) is 10.8. The molecule has 3 N–H and O–H groups in total. The summed E-state index contributed by atoms with van der Waals surface area (Å²) in [5.74, 6) is -1.27. The zero-order valence-electron chi connectivity index (χ0n) is 17.3. The maximum Gasteiger partial charge on any atom is 0.269 e. The number of anilines is 1. The monoisotopic (exact) mass is 486 g/mol. The molecule has 0 heterocycles. The maximum absolute atomic E-state index is 12.4. The standard InChI is InChI=1S/C20H24Cl2N4O4S/c1-4-26(5-2)15-8-6-14(7-9-15)20(28)24-23-19(27)13(3)25-31(29,30)16-10-11-17(21)18(22)12-16/h6-13,25H,4-5H2,1-3H3,(H,23,27)(H,24,28). The number of benzene rings is 2. The lowest BCUT2D eigenvalue weighted by molar-refractivity contribution is -0.123. The molecule has 11 heteroatoms. The molecule has 0 saturated carbocycles. The molecule has 0 aliphatic rings. The topological polar surface area (TPSA) is 108 Å². The summed E-state index contributed by atoms with van der Waals surface area (Å²) in [7, 11) is -4.02. The molecule has 1 atom stereocenters. The van der Waals surface area contributed by atoms with E-state index in [1.54, 1.807) is 12.1 Å². The maximum atomic E-state index is 12.4. The first kappa shape index (κ1) is 24.9. The smallest absolute Gasteiger partial charge is 0.269 e. The highest BCUT2D eigenvalue weighted by Gasteiger charge is 2.23. The summed E-state index contributed by atoms with van der Waals surface area (Å²) in [5, 5.41) is 0.278. The minimum Gasteiger partial charge on any atom is -0.372 e. The van der Waals surface area contributed by atoms with Crippen molar-refractivity contribution in [2.24, 2.45) is 0 Å². The SMILES string of the molecule is CCN(CC)c1ccc(C(=O)NNC(=O)C(C)NS(=O)(=O)c2ccc(Cl)c(Cl)c2)cc1. The molecular weight excluding hydrogens is 463 g/mol. The molecule has 0 saturated heterocycles. The molecule has 2 rings (SSSR count). The van der Waals surface area contributed by atoms with Crippen LogP contribution >= 0.6 is 23.2 Å². The Hall–Kier alpha value is -2.33. The van der Waals surface area contributed by atoms with Crippen LogP contribution in [-0.2, 0) is 14.8 Å². The lowest BCUT2D eigenvalue weighted by Crippen LogP contribution is -2.51. The van der Waals surface area contributed by atoms with Gasteiger partial charge in [0.15, 0.2) is 0 Å². The number of nitrogens with zero attached hydrogens (tertiary/aromatic N) is 1. The summed E-state index contributed by atoms with van der Waals surface area (Å²) in [5.41, 5.74) is 5.81. The lowest BCUT2D eigenvalue weighted by atomic mass is 10.2. The third-order valence-electron chi connectivity index (χ3n) is 4.48. The average molecular weight is 487 g/mol. The fraction of sp³-hybridized carbons (Fsp3) is 0.300. The number of hydrogen-bond donors (Lipinski definition) is 3. The lowest BCUT2D eigenvalue weighted by Gasteiger charge is -2.21. The molecular formula is C20H24Cl2N4O4S. The Bertz CT molecular complexity index is 1040. The number of carbonyl (C=O) groups is 2. The Morgan fingerprint density at radius 1 is 0.968 bits per heavy atom. The van der Waals surface area contributed by atoms with Crippen LogP contribution in [0.2, 0.25) is 10.0 Å². The Labute approximate surface area is 191 Å². The fourth-order valence-electron chi connectivity index (χ4n) is 2.71. The summed E-state index contributed by atoms with van der Waals surface area (Å²) in [6.07, 6.45) is 0. The number of carbonyl (C=O) groups excluding carboxylic acids is 2. The van der Waals surface area contributed by atoms with Gasteiger partial charge in [-0.05, 0) is 63.2 Å². The first-order chi connectivity index (χ1) is 14.6. The largest absolute Gasteiger partial charge is 0.372 e. The van der Waals surface area contributed by atoms with E-state index >= 15 is 0 Å². The van der Waals surface area contributed by atoms with Crippen LogP contribution in [0.1, 0.15) is 31.1 Å². The van der Waals surface area contributed by atoms with E-state index in [4.69, 9.17) is 23.2 Å². The van der Waals surface area contributed by atoms with E-state index in [1.165, 1.54) is 25.1 Å².